The number of likely N-dealkylation sites (tertiary alicyclic amines) is 1. The number of carboxylic acids is 1. The Labute approximate surface area is 124 Å². The molecule has 3 fully saturated rings. The fraction of sp³-hybridized carbons (Fsp3) is 0.750. The lowest BCUT2D eigenvalue weighted by molar-refractivity contribution is -0.158. The summed E-state index contributed by atoms with van der Waals surface area (Å²) in [5, 5.41) is 9.67. The second-order valence-electron chi connectivity index (χ2n) is 6.80. The van der Waals surface area contributed by atoms with Gasteiger partial charge in [0.2, 0.25) is 5.91 Å². The summed E-state index contributed by atoms with van der Waals surface area (Å²) < 4.78 is 5.44. The van der Waals surface area contributed by atoms with Crippen molar-refractivity contribution in [2.45, 2.75) is 32.1 Å². The number of carboxylic acid groups (broad SMARTS) is 1. The van der Waals surface area contributed by atoms with Gasteiger partial charge in [-0.05, 0) is 25.7 Å². The Morgan fingerprint density at radius 3 is 2.67 bits per heavy atom. The SMILES string of the molecule is C=CCC1(C(=O)N2C[C@H]3COCC[C@@]3(C(=O)O)C2)CCC1. The van der Waals surface area contributed by atoms with Crippen molar-refractivity contribution in [3.05, 3.63) is 12.7 Å². The van der Waals surface area contributed by atoms with Crippen LogP contribution in [0.5, 0.6) is 0 Å². The van der Waals surface area contributed by atoms with Gasteiger partial charge in [-0.2, -0.15) is 0 Å². The minimum Gasteiger partial charge on any atom is -0.481 e. The van der Waals surface area contributed by atoms with E-state index in [9.17, 15) is 14.7 Å². The monoisotopic (exact) mass is 293 g/mol. The number of nitrogens with zero attached hydrogens (tertiary/aromatic N) is 1. The number of amides is 1. The molecule has 1 N–H and O–H groups in total. The summed E-state index contributed by atoms with van der Waals surface area (Å²) in [6.45, 7) is 5.55. The van der Waals surface area contributed by atoms with E-state index in [1.54, 1.807) is 4.90 Å². The van der Waals surface area contributed by atoms with Gasteiger partial charge in [-0.1, -0.05) is 12.5 Å². The Balaban J connectivity index is 1.80. The van der Waals surface area contributed by atoms with Gasteiger partial charge in [-0.3, -0.25) is 9.59 Å². The predicted molar refractivity (Wildman–Crippen MR) is 76.7 cm³/mol. The van der Waals surface area contributed by atoms with Crippen molar-refractivity contribution in [2.24, 2.45) is 16.7 Å². The first-order valence-electron chi connectivity index (χ1n) is 7.75. The van der Waals surface area contributed by atoms with E-state index < -0.39 is 11.4 Å². The Bertz CT molecular complexity index is 471. The van der Waals surface area contributed by atoms with Crippen LogP contribution >= 0.6 is 0 Å². The third-order valence-electron chi connectivity index (χ3n) is 5.72. The number of hydrogen-bond acceptors (Lipinski definition) is 3. The Kier molecular flexibility index (Phi) is 3.56. The molecule has 3 rings (SSSR count). The lowest BCUT2D eigenvalue weighted by atomic mass is 9.65. The van der Waals surface area contributed by atoms with Crippen LogP contribution in [0.2, 0.25) is 0 Å². The number of hydrogen-bond donors (Lipinski definition) is 1. The molecule has 1 aliphatic carbocycles. The molecule has 0 radical (unpaired) electrons. The molecule has 0 spiro atoms. The van der Waals surface area contributed by atoms with E-state index in [-0.39, 0.29) is 17.2 Å². The van der Waals surface area contributed by atoms with Gasteiger partial charge in [-0.25, -0.2) is 0 Å². The Morgan fingerprint density at radius 1 is 1.38 bits per heavy atom. The highest BCUT2D eigenvalue weighted by atomic mass is 16.5. The predicted octanol–water partition coefficient (Wildman–Crippen LogP) is 1.68. The number of carbonyl (C=O) groups is 2. The van der Waals surface area contributed by atoms with E-state index >= 15 is 0 Å². The van der Waals surface area contributed by atoms with Crippen molar-refractivity contribution < 1.29 is 19.4 Å². The fourth-order valence-corrected chi connectivity index (χ4v) is 4.17. The molecule has 3 aliphatic rings. The number of aliphatic carboxylic acids is 1. The molecule has 0 unspecified atom stereocenters. The van der Waals surface area contributed by atoms with E-state index in [0.29, 0.717) is 39.1 Å². The van der Waals surface area contributed by atoms with Gasteiger partial charge in [0, 0.05) is 25.6 Å². The van der Waals surface area contributed by atoms with Crippen LogP contribution in [0.1, 0.15) is 32.1 Å². The molecule has 5 heteroatoms. The van der Waals surface area contributed by atoms with Gasteiger partial charge in [0.05, 0.1) is 17.4 Å². The lowest BCUT2D eigenvalue weighted by Gasteiger charge is -2.42. The Morgan fingerprint density at radius 2 is 2.14 bits per heavy atom. The maximum absolute atomic E-state index is 12.9. The highest BCUT2D eigenvalue weighted by Gasteiger charge is 2.57. The lowest BCUT2D eigenvalue weighted by Crippen LogP contribution is -2.48. The molecule has 116 valence electrons. The van der Waals surface area contributed by atoms with Crippen LogP contribution in [-0.4, -0.2) is 48.2 Å². The number of fused-ring (bicyclic) bond motifs is 1. The van der Waals surface area contributed by atoms with Crippen LogP contribution in [0.25, 0.3) is 0 Å². The first-order valence-corrected chi connectivity index (χ1v) is 7.75. The Hall–Kier alpha value is -1.36. The normalized spacial score (nSPS) is 33.9. The second-order valence-corrected chi connectivity index (χ2v) is 6.80. The largest absolute Gasteiger partial charge is 0.481 e. The molecule has 2 saturated heterocycles. The van der Waals surface area contributed by atoms with E-state index in [1.165, 1.54) is 0 Å². The molecule has 1 saturated carbocycles. The molecule has 2 atom stereocenters. The number of rotatable bonds is 4. The maximum Gasteiger partial charge on any atom is 0.311 e. The van der Waals surface area contributed by atoms with Crippen molar-refractivity contribution in [1.82, 2.24) is 4.90 Å². The van der Waals surface area contributed by atoms with Gasteiger partial charge in [-0.15, -0.1) is 6.58 Å². The molecule has 0 aromatic heterocycles. The quantitative estimate of drug-likeness (QED) is 0.801. The number of carbonyl (C=O) groups excluding carboxylic acids is 1. The topological polar surface area (TPSA) is 66.8 Å². The molecule has 0 bridgehead atoms. The summed E-state index contributed by atoms with van der Waals surface area (Å²) in [4.78, 5) is 26.5. The highest BCUT2D eigenvalue weighted by Crippen LogP contribution is 2.49. The summed E-state index contributed by atoms with van der Waals surface area (Å²) in [7, 11) is 0. The highest BCUT2D eigenvalue weighted by molar-refractivity contribution is 5.86. The summed E-state index contributed by atoms with van der Waals surface area (Å²) >= 11 is 0. The minimum atomic E-state index is -0.799. The summed E-state index contributed by atoms with van der Waals surface area (Å²) in [5.41, 5.74) is -1.11. The zero-order chi connectivity index (χ0) is 15.1. The van der Waals surface area contributed by atoms with Crippen LogP contribution in [-0.2, 0) is 14.3 Å². The minimum absolute atomic E-state index is 0.0754. The average Bonchev–Trinajstić information content (AvgIpc) is 2.83. The third-order valence-corrected chi connectivity index (χ3v) is 5.72. The van der Waals surface area contributed by atoms with Gasteiger partial charge in [0.25, 0.3) is 0 Å². The third kappa shape index (κ3) is 2.09. The number of ether oxygens (including phenoxy) is 1. The molecule has 2 heterocycles. The van der Waals surface area contributed by atoms with Crippen LogP contribution in [0.4, 0.5) is 0 Å². The molecule has 21 heavy (non-hydrogen) atoms. The summed E-state index contributed by atoms with van der Waals surface area (Å²) in [6, 6.07) is 0. The maximum atomic E-state index is 12.9. The first-order chi connectivity index (χ1) is 10.0. The molecular formula is C16H23NO4. The van der Waals surface area contributed by atoms with E-state index in [1.807, 2.05) is 6.08 Å². The van der Waals surface area contributed by atoms with Crippen LogP contribution in [0, 0.1) is 16.7 Å². The zero-order valence-electron chi connectivity index (χ0n) is 12.3. The van der Waals surface area contributed by atoms with Gasteiger partial charge in [0.1, 0.15) is 0 Å². The van der Waals surface area contributed by atoms with Crippen LogP contribution in [0.3, 0.4) is 0 Å². The van der Waals surface area contributed by atoms with Gasteiger partial charge in [0.15, 0.2) is 0 Å². The van der Waals surface area contributed by atoms with E-state index in [0.717, 1.165) is 19.3 Å². The second kappa shape index (κ2) is 5.13. The molecule has 1 amide bonds. The van der Waals surface area contributed by atoms with Crippen molar-refractivity contribution in [1.29, 1.82) is 0 Å². The summed E-state index contributed by atoms with van der Waals surface area (Å²) in [5.74, 6) is -0.727. The molecule has 5 nitrogen and oxygen atoms in total. The van der Waals surface area contributed by atoms with Crippen molar-refractivity contribution in [2.75, 3.05) is 26.3 Å². The van der Waals surface area contributed by atoms with E-state index in [4.69, 9.17) is 4.74 Å². The van der Waals surface area contributed by atoms with E-state index in [2.05, 4.69) is 6.58 Å². The smallest absolute Gasteiger partial charge is 0.311 e. The first kappa shape index (κ1) is 14.6. The van der Waals surface area contributed by atoms with Crippen molar-refractivity contribution in [3.63, 3.8) is 0 Å². The molecule has 0 aromatic carbocycles. The van der Waals surface area contributed by atoms with Crippen molar-refractivity contribution >= 4 is 11.9 Å². The van der Waals surface area contributed by atoms with Crippen LogP contribution < -0.4 is 0 Å². The van der Waals surface area contributed by atoms with Crippen molar-refractivity contribution in [3.8, 4) is 0 Å². The summed E-state index contributed by atoms with van der Waals surface area (Å²) in [6.07, 6.45) is 5.89. The number of allylic oxidation sites excluding steroid dienone is 1. The molecule has 2 aliphatic heterocycles. The van der Waals surface area contributed by atoms with Gasteiger partial charge < -0.3 is 14.7 Å². The standard InChI is InChI=1S/C16H23NO4/c1-2-4-15(5-3-6-15)13(18)17-9-12-10-21-8-7-16(12,11-17)14(19)20/h2,12H,1,3-11H2,(H,19,20)/t12-,16+/m0/s1. The molecular weight excluding hydrogens is 270 g/mol. The fourth-order valence-electron chi connectivity index (χ4n) is 4.17. The zero-order valence-corrected chi connectivity index (χ0v) is 12.3. The van der Waals surface area contributed by atoms with Crippen LogP contribution in [0.15, 0.2) is 12.7 Å². The average molecular weight is 293 g/mol. The molecule has 0 aromatic rings. The van der Waals surface area contributed by atoms with Gasteiger partial charge >= 0.3 is 5.97 Å².